The van der Waals surface area contributed by atoms with Gasteiger partial charge in [0.25, 0.3) is 5.91 Å². The third kappa shape index (κ3) is 3.42. The van der Waals surface area contributed by atoms with Crippen molar-refractivity contribution >= 4 is 5.91 Å². The third-order valence-corrected chi connectivity index (χ3v) is 3.74. The van der Waals surface area contributed by atoms with Gasteiger partial charge in [-0.1, -0.05) is 32.6 Å². The molecule has 98 valence electrons. The lowest BCUT2D eigenvalue weighted by Gasteiger charge is -2.28. The van der Waals surface area contributed by atoms with Crippen LogP contribution >= 0.6 is 0 Å². The van der Waals surface area contributed by atoms with E-state index in [2.05, 4.69) is 12.2 Å². The molecule has 2 aliphatic rings. The predicted octanol–water partition coefficient (Wildman–Crippen LogP) is 1.36. The van der Waals surface area contributed by atoms with Crippen LogP contribution in [0.25, 0.3) is 0 Å². The molecule has 0 aromatic rings. The number of hydrogen-bond donors (Lipinski definition) is 2. The average molecular weight is 241 g/mol. The molecule has 1 aliphatic heterocycles. The Hall–Kier alpha value is -0.610. The number of aliphatic hydroxyl groups excluding tert-OH is 1. The Morgan fingerprint density at radius 2 is 2.18 bits per heavy atom. The van der Waals surface area contributed by atoms with Gasteiger partial charge in [0.15, 0.2) is 6.10 Å². The summed E-state index contributed by atoms with van der Waals surface area (Å²) in [6, 6.07) is -0.0627. The van der Waals surface area contributed by atoms with Crippen LogP contribution in [0.2, 0.25) is 0 Å². The summed E-state index contributed by atoms with van der Waals surface area (Å²) >= 11 is 0. The van der Waals surface area contributed by atoms with E-state index in [1.807, 2.05) is 0 Å². The number of carbonyl (C=O) groups excluding carboxylic acids is 1. The Morgan fingerprint density at radius 3 is 2.88 bits per heavy atom. The van der Waals surface area contributed by atoms with Crippen molar-refractivity contribution in [2.75, 3.05) is 0 Å². The first-order valence-corrected chi connectivity index (χ1v) is 6.86. The molecule has 1 saturated heterocycles. The van der Waals surface area contributed by atoms with Gasteiger partial charge in [-0.15, -0.1) is 0 Å². The van der Waals surface area contributed by atoms with Crippen molar-refractivity contribution in [3.05, 3.63) is 0 Å². The molecule has 4 heteroatoms. The number of epoxide rings is 1. The highest BCUT2D eigenvalue weighted by Crippen LogP contribution is 2.28. The van der Waals surface area contributed by atoms with Crippen LogP contribution in [0.1, 0.15) is 51.9 Å². The van der Waals surface area contributed by atoms with Crippen molar-refractivity contribution in [1.29, 1.82) is 0 Å². The molecular formula is C13H23NO3. The zero-order chi connectivity index (χ0) is 12.3. The normalized spacial score (nSPS) is 36.6. The van der Waals surface area contributed by atoms with E-state index in [1.165, 1.54) is 0 Å². The minimum atomic E-state index is -0.374. The minimum Gasteiger partial charge on any atom is -0.391 e. The van der Waals surface area contributed by atoms with E-state index < -0.39 is 0 Å². The fraction of sp³-hybridized carbons (Fsp3) is 0.923. The van der Waals surface area contributed by atoms with Crippen LogP contribution in [0.5, 0.6) is 0 Å². The summed E-state index contributed by atoms with van der Waals surface area (Å²) in [6.45, 7) is 2.13. The Kier molecular flexibility index (Phi) is 4.40. The smallest absolute Gasteiger partial charge is 0.252 e. The summed E-state index contributed by atoms with van der Waals surface area (Å²) in [7, 11) is 0. The maximum Gasteiger partial charge on any atom is 0.252 e. The van der Waals surface area contributed by atoms with Crippen molar-refractivity contribution in [2.45, 2.75) is 76.2 Å². The number of aliphatic hydroxyl groups is 1. The second-order valence-corrected chi connectivity index (χ2v) is 5.20. The number of unbranched alkanes of at least 4 members (excludes halogenated alkanes) is 1. The maximum absolute atomic E-state index is 11.8. The molecule has 0 aromatic carbocycles. The number of carbonyl (C=O) groups is 1. The SMILES string of the molecule is CCCCC1OC1C(=O)NC1CCCCC1O. The molecule has 1 aliphatic carbocycles. The summed E-state index contributed by atoms with van der Waals surface area (Å²) in [5, 5.41) is 12.7. The summed E-state index contributed by atoms with van der Waals surface area (Å²) in [4.78, 5) is 11.8. The van der Waals surface area contributed by atoms with Gasteiger partial charge in [0.1, 0.15) is 0 Å². The van der Waals surface area contributed by atoms with E-state index in [9.17, 15) is 9.90 Å². The quantitative estimate of drug-likeness (QED) is 0.714. The molecular weight excluding hydrogens is 218 g/mol. The molecule has 0 radical (unpaired) electrons. The van der Waals surface area contributed by atoms with E-state index in [0.29, 0.717) is 0 Å². The lowest BCUT2D eigenvalue weighted by atomic mass is 9.92. The van der Waals surface area contributed by atoms with Gasteiger partial charge in [-0.05, 0) is 19.3 Å². The van der Waals surface area contributed by atoms with Crippen molar-refractivity contribution in [3.63, 3.8) is 0 Å². The molecule has 4 unspecified atom stereocenters. The summed E-state index contributed by atoms with van der Waals surface area (Å²) < 4.78 is 5.36. The van der Waals surface area contributed by atoms with Gasteiger partial charge < -0.3 is 15.2 Å². The summed E-state index contributed by atoms with van der Waals surface area (Å²) in [5.41, 5.74) is 0. The zero-order valence-corrected chi connectivity index (χ0v) is 10.5. The minimum absolute atomic E-state index is 0.0305. The van der Waals surface area contributed by atoms with Crippen molar-refractivity contribution < 1.29 is 14.6 Å². The highest BCUT2D eigenvalue weighted by molar-refractivity contribution is 5.84. The molecule has 2 fully saturated rings. The van der Waals surface area contributed by atoms with E-state index in [0.717, 1.165) is 44.9 Å². The molecule has 17 heavy (non-hydrogen) atoms. The van der Waals surface area contributed by atoms with Crippen molar-refractivity contribution in [2.24, 2.45) is 0 Å². The van der Waals surface area contributed by atoms with E-state index in [4.69, 9.17) is 4.74 Å². The Bertz CT molecular complexity index is 269. The van der Waals surface area contributed by atoms with Crippen LogP contribution in [0.4, 0.5) is 0 Å². The lowest BCUT2D eigenvalue weighted by Crippen LogP contribution is -2.46. The van der Waals surface area contributed by atoms with Gasteiger partial charge in [0, 0.05) is 0 Å². The van der Waals surface area contributed by atoms with Crippen LogP contribution < -0.4 is 5.32 Å². The zero-order valence-electron chi connectivity index (χ0n) is 10.5. The van der Waals surface area contributed by atoms with Crippen LogP contribution in [0, 0.1) is 0 Å². The monoisotopic (exact) mass is 241 g/mol. The Balaban J connectivity index is 1.71. The topological polar surface area (TPSA) is 61.9 Å². The number of amides is 1. The van der Waals surface area contributed by atoms with Crippen molar-refractivity contribution in [1.82, 2.24) is 5.32 Å². The molecule has 0 bridgehead atoms. The fourth-order valence-corrected chi connectivity index (χ4v) is 2.54. The molecule has 2 rings (SSSR count). The first-order valence-electron chi connectivity index (χ1n) is 6.86. The fourth-order valence-electron chi connectivity index (χ4n) is 2.54. The van der Waals surface area contributed by atoms with E-state index in [-0.39, 0.29) is 30.3 Å². The number of rotatable bonds is 5. The number of ether oxygens (including phenoxy) is 1. The molecule has 2 N–H and O–H groups in total. The first-order chi connectivity index (χ1) is 8.22. The lowest BCUT2D eigenvalue weighted by molar-refractivity contribution is -0.124. The molecule has 1 heterocycles. The molecule has 4 atom stereocenters. The van der Waals surface area contributed by atoms with E-state index in [1.54, 1.807) is 0 Å². The van der Waals surface area contributed by atoms with Crippen LogP contribution in [-0.2, 0) is 9.53 Å². The third-order valence-electron chi connectivity index (χ3n) is 3.74. The Morgan fingerprint density at radius 1 is 1.41 bits per heavy atom. The Labute approximate surface area is 103 Å². The second kappa shape index (κ2) is 5.83. The van der Waals surface area contributed by atoms with Crippen molar-refractivity contribution in [3.8, 4) is 0 Å². The average Bonchev–Trinajstić information content (AvgIpc) is 3.09. The molecule has 0 aromatic heterocycles. The van der Waals surface area contributed by atoms with E-state index >= 15 is 0 Å². The van der Waals surface area contributed by atoms with Crippen LogP contribution in [0.15, 0.2) is 0 Å². The summed E-state index contributed by atoms with van der Waals surface area (Å²) in [6.07, 6.45) is 6.55. The molecule has 4 nitrogen and oxygen atoms in total. The number of hydrogen-bond acceptors (Lipinski definition) is 3. The predicted molar refractivity (Wildman–Crippen MR) is 64.6 cm³/mol. The number of nitrogens with one attached hydrogen (secondary N) is 1. The molecule has 1 saturated carbocycles. The van der Waals surface area contributed by atoms with Gasteiger partial charge in [-0.2, -0.15) is 0 Å². The van der Waals surface area contributed by atoms with Gasteiger partial charge in [0.2, 0.25) is 0 Å². The maximum atomic E-state index is 11.8. The van der Waals surface area contributed by atoms with Crippen LogP contribution in [0.3, 0.4) is 0 Å². The van der Waals surface area contributed by atoms with Gasteiger partial charge in [0.05, 0.1) is 18.2 Å². The molecule has 1 amide bonds. The highest BCUT2D eigenvalue weighted by Gasteiger charge is 2.45. The largest absolute Gasteiger partial charge is 0.391 e. The first kappa shape index (κ1) is 12.8. The second-order valence-electron chi connectivity index (χ2n) is 5.20. The van der Waals surface area contributed by atoms with Gasteiger partial charge in [-0.25, -0.2) is 0 Å². The van der Waals surface area contributed by atoms with Crippen LogP contribution in [-0.4, -0.2) is 35.4 Å². The van der Waals surface area contributed by atoms with Gasteiger partial charge >= 0.3 is 0 Å². The standard InChI is InChI=1S/C13H23NO3/c1-2-3-8-11-12(17-11)13(16)14-9-6-4-5-7-10(9)15/h9-12,15H,2-8H2,1H3,(H,14,16). The van der Waals surface area contributed by atoms with Gasteiger partial charge in [-0.3, -0.25) is 4.79 Å². The summed E-state index contributed by atoms with van der Waals surface area (Å²) in [5.74, 6) is -0.0305. The molecule has 0 spiro atoms. The highest BCUT2D eigenvalue weighted by atomic mass is 16.6.